The van der Waals surface area contributed by atoms with E-state index in [1.807, 2.05) is 0 Å². The van der Waals surface area contributed by atoms with Crippen molar-refractivity contribution in [1.82, 2.24) is 5.32 Å². The SMILES string of the molecule is C=C(C)C(=O)NC(C)CS(=O)(=O)[O-].[Rb+]. The van der Waals surface area contributed by atoms with Gasteiger partial charge >= 0.3 is 58.2 Å². The van der Waals surface area contributed by atoms with Gasteiger partial charge in [-0.15, -0.1) is 0 Å². The number of hydrogen-bond donors (Lipinski definition) is 1. The van der Waals surface area contributed by atoms with Crippen LogP contribution >= 0.6 is 0 Å². The zero-order valence-corrected chi connectivity index (χ0v) is 14.3. The minimum Gasteiger partial charge on any atom is -0.748 e. The smallest absolute Gasteiger partial charge is 0.748 e. The molecule has 1 unspecified atom stereocenters. The van der Waals surface area contributed by atoms with Crippen molar-refractivity contribution in [3.63, 3.8) is 0 Å². The summed E-state index contributed by atoms with van der Waals surface area (Å²) in [7, 11) is -4.29. The van der Waals surface area contributed by atoms with Gasteiger partial charge in [0.2, 0.25) is 5.91 Å². The van der Waals surface area contributed by atoms with Crippen LogP contribution in [0.15, 0.2) is 12.2 Å². The van der Waals surface area contributed by atoms with Gasteiger partial charge in [-0.25, -0.2) is 8.42 Å². The Kier molecular flexibility index (Phi) is 8.96. The molecule has 0 aromatic carbocycles. The van der Waals surface area contributed by atoms with Crippen LogP contribution in [0.3, 0.4) is 0 Å². The van der Waals surface area contributed by atoms with Crippen molar-refractivity contribution >= 4 is 16.0 Å². The third-order valence-electron chi connectivity index (χ3n) is 1.22. The van der Waals surface area contributed by atoms with Crippen LogP contribution in [-0.4, -0.2) is 30.7 Å². The molecule has 0 rings (SSSR count). The summed E-state index contributed by atoms with van der Waals surface area (Å²) in [4.78, 5) is 10.9. The fourth-order valence-electron chi connectivity index (χ4n) is 0.695. The maximum absolute atomic E-state index is 10.9. The third kappa shape index (κ3) is 9.48. The second-order valence-electron chi connectivity index (χ2n) is 2.88. The topological polar surface area (TPSA) is 86.3 Å². The molecule has 0 aromatic heterocycles. The predicted octanol–water partition coefficient (Wildman–Crippen LogP) is -3.38. The molecule has 76 valence electrons. The van der Waals surface area contributed by atoms with E-state index in [2.05, 4.69) is 11.9 Å². The van der Waals surface area contributed by atoms with Crippen molar-refractivity contribution in [2.24, 2.45) is 0 Å². The molecule has 0 bridgehead atoms. The molecule has 0 heterocycles. The molecule has 0 fully saturated rings. The van der Waals surface area contributed by atoms with E-state index in [4.69, 9.17) is 0 Å². The van der Waals surface area contributed by atoms with Crippen molar-refractivity contribution in [1.29, 1.82) is 0 Å². The summed E-state index contributed by atoms with van der Waals surface area (Å²) in [6.07, 6.45) is 0. The van der Waals surface area contributed by atoms with E-state index in [-0.39, 0.29) is 63.8 Å². The van der Waals surface area contributed by atoms with Crippen LogP contribution in [0.4, 0.5) is 0 Å². The van der Waals surface area contributed by atoms with Crippen molar-refractivity contribution in [2.75, 3.05) is 5.75 Å². The summed E-state index contributed by atoms with van der Waals surface area (Å²) in [5.74, 6) is -1.05. The average Bonchev–Trinajstić information content (AvgIpc) is 1.81. The van der Waals surface area contributed by atoms with E-state index in [1.165, 1.54) is 13.8 Å². The van der Waals surface area contributed by atoms with Crippen LogP contribution in [0.25, 0.3) is 0 Å². The van der Waals surface area contributed by atoms with Gasteiger partial charge in [-0.05, 0) is 13.8 Å². The molecule has 1 atom stereocenters. The second kappa shape index (κ2) is 7.24. The van der Waals surface area contributed by atoms with Gasteiger partial charge in [-0.3, -0.25) is 4.79 Å². The van der Waals surface area contributed by atoms with Gasteiger partial charge in [0.05, 0.1) is 15.9 Å². The summed E-state index contributed by atoms with van der Waals surface area (Å²) in [5, 5.41) is 2.32. The normalized spacial score (nSPS) is 12.5. The predicted molar refractivity (Wildman–Crippen MR) is 47.0 cm³/mol. The van der Waals surface area contributed by atoms with Gasteiger partial charge in [0.1, 0.15) is 0 Å². The summed E-state index contributed by atoms with van der Waals surface area (Å²) in [6, 6.07) is -0.688. The maximum atomic E-state index is 10.9. The van der Waals surface area contributed by atoms with Gasteiger partial charge < -0.3 is 9.87 Å². The first-order chi connectivity index (χ1) is 5.72. The van der Waals surface area contributed by atoms with Gasteiger partial charge in [-0.2, -0.15) is 0 Å². The minimum atomic E-state index is -4.29. The van der Waals surface area contributed by atoms with E-state index in [1.54, 1.807) is 0 Å². The van der Waals surface area contributed by atoms with E-state index in [0.717, 1.165) is 0 Å². The molecule has 0 aliphatic rings. The molecule has 0 radical (unpaired) electrons. The molecular formula is C7H12NO4RbS. The zero-order chi connectivity index (χ0) is 10.6. The first kappa shape index (κ1) is 17.3. The molecule has 0 aliphatic heterocycles. The largest absolute Gasteiger partial charge is 1.00 e. The molecule has 14 heavy (non-hydrogen) atoms. The Balaban J connectivity index is 0. The molecule has 0 saturated heterocycles. The molecule has 5 nitrogen and oxygen atoms in total. The Morgan fingerprint density at radius 1 is 1.57 bits per heavy atom. The van der Waals surface area contributed by atoms with E-state index < -0.39 is 27.8 Å². The van der Waals surface area contributed by atoms with Crippen LogP contribution in [0.5, 0.6) is 0 Å². The standard InChI is InChI=1S/C7H13NO4S.Rb/c1-5(2)7(9)8-6(3)4-13(10,11)12;/h6H,1,4H2,2-3H3,(H,8,9)(H,10,11,12);/q;+1/p-1. The Hall–Kier alpha value is 0.925. The third-order valence-corrected chi connectivity index (χ3v) is 2.13. The van der Waals surface area contributed by atoms with Gasteiger partial charge in [0, 0.05) is 11.6 Å². The molecule has 0 aliphatic carbocycles. The van der Waals surface area contributed by atoms with E-state index in [0.29, 0.717) is 0 Å². The molecule has 0 aromatic rings. The Morgan fingerprint density at radius 2 is 2.00 bits per heavy atom. The second-order valence-corrected chi connectivity index (χ2v) is 4.33. The number of carbonyl (C=O) groups excluding carboxylic acids is 1. The maximum Gasteiger partial charge on any atom is 1.00 e. The molecule has 7 heteroatoms. The minimum absolute atomic E-state index is 0. The van der Waals surface area contributed by atoms with Crippen LogP contribution in [0, 0.1) is 0 Å². The van der Waals surface area contributed by atoms with Crippen molar-refractivity contribution in [3.05, 3.63) is 12.2 Å². The van der Waals surface area contributed by atoms with E-state index >= 15 is 0 Å². The molecule has 0 spiro atoms. The number of rotatable bonds is 4. The first-order valence-electron chi connectivity index (χ1n) is 3.62. The quantitative estimate of drug-likeness (QED) is 0.432. The van der Waals surface area contributed by atoms with Gasteiger partial charge in [0.15, 0.2) is 0 Å². The fourth-order valence-corrected chi connectivity index (χ4v) is 1.39. The number of nitrogens with one attached hydrogen (secondary N) is 1. The van der Waals surface area contributed by atoms with Crippen molar-refractivity contribution in [2.45, 2.75) is 19.9 Å². The van der Waals surface area contributed by atoms with Crippen molar-refractivity contribution < 1.29 is 76.0 Å². The fraction of sp³-hybridized carbons (Fsp3) is 0.571. The molecule has 1 N–H and O–H groups in total. The summed E-state index contributed by atoms with van der Waals surface area (Å²) in [5.41, 5.74) is 0.273. The number of hydrogen-bond acceptors (Lipinski definition) is 4. The van der Waals surface area contributed by atoms with Gasteiger partial charge in [0.25, 0.3) is 0 Å². The van der Waals surface area contributed by atoms with E-state index in [9.17, 15) is 17.8 Å². The Bertz CT molecular complexity index is 312. The van der Waals surface area contributed by atoms with Crippen molar-refractivity contribution in [3.8, 4) is 0 Å². The number of amides is 1. The van der Waals surface area contributed by atoms with Gasteiger partial charge in [-0.1, -0.05) is 6.58 Å². The summed E-state index contributed by atoms with van der Waals surface area (Å²) in [6.45, 7) is 6.30. The Morgan fingerprint density at radius 3 is 2.29 bits per heavy atom. The Labute approximate surface area is 133 Å². The molecular weight excluding hydrogens is 280 g/mol. The molecule has 1 amide bonds. The van der Waals surface area contributed by atoms with Crippen LogP contribution in [0.1, 0.15) is 13.8 Å². The average molecular weight is 292 g/mol. The summed E-state index contributed by atoms with van der Waals surface area (Å²) >= 11 is 0. The summed E-state index contributed by atoms with van der Waals surface area (Å²) < 4.78 is 30.8. The van der Waals surface area contributed by atoms with Crippen LogP contribution in [-0.2, 0) is 14.9 Å². The number of carbonyl (C=O) groups is 1. The molecule has 0 saturated carbocycles. The van der Waals surface area contributed by atoms with Crippen LogP contribution in [0.2, 0.25) is 0 Å². The first-order valence-corrected chi connectivity index (χ1v) is 5.20. The zero-order valence-electron chi connectivity index (χ0n) is 8.53. The van der Waals surface area contributed by atoms with Crippen LogP contribution < -0.4 is 63.5 Å². The monoisotopic (exact) mass is 291 g/mol.